The minimum Gasteiger partial charge on any atom is -0.486 e. The number of sulfone groups is 1. The summed E-state index contributed by atoms with van der Waals surface area (Å²) in [7, 11) is -2.89. The number of benzene rings is 1. The van der Waals surface area contributed by atoms with E-state index in [-0.39, 0.29) is 17.0 Å². The van der Waals surface area contributed by atoms with Crippen LogP contribution in [0, 0.1) is 0 Å². The van der Waals surface area contributed by atoms with Crippen molar-refractivity contribution >= 4 is 9.84 Å². The van der Waals surface area contributed by atoms with Gasteiger partial charge in [-0.3, -0.25) is 0 Å². The molecule has 0 saturated carbocycles. The Morgan fingerprint density at radius 1 is 1.30 bits per heavy atom. The first kappa shape index (κ1) is 13.7. The van der Waals surface area contributed by atoms with E-state index >= 15 is 0 Å². The minimum atomic E-state index is -2.89. The lowest BCUT2D eigenvalue weighted by Gasteiger charge is -2.26. The van der Waals surface area contributed by atoms with Crippen molar-refractivity contribution in [3.05, 3.63) is 23.8 Å². The van der Waals surface area contributed by atoms with Crippen LogP contribution in [0.2, 0.25) is 0 Å². The molecule has 2 heterocycles. The van der Waals surface area contributed by atoms with Crippen LogP contribution < -0.4 is 14.8 Å². The second-order valence-corrected chi connectivity index (χ2v) is 7.88. The van der Waals surface area contributed by atoms with Crippen molar-refractivity contribution < 1.29 is 17.9 Å². The van der Waals surface area contributed by atoms with Gasteiger partial charge in [-0.2, -0.15) is 0 Å². The Labute approximate surface area is 119 Å². The van der Waals surface area contributed by atoms with Gasteiger partial charge >= 0.3 is 0 Å². The van der Waals surface area contributed by atoms with Gasteiger partial charge in [-0.15, -0.1) is 0 Å². The van der Waals surface area contributed by atoms with Crippen LogP contribution in [0.1, 0.15) is 18.9 Å². The summed E-state index contributed by atoms with van der Waals surface area (Å²) >= 11 is 0. The number of ether oxygens (including phenoxy) is 2. The second kappa shape index (κ2) is 4.93. The first-order valence-electron chi connectivity index (χ1n) is 6.80. The zero-order valence-corrected chi connectivity index (χ0v) is 12.3. The van der Waals surface area contributed by atoms with E-state index in [4.69, 9.17) is 9.47 Å². The summed E-state index contributed by atoms with van der Waals surface area (Å²) in [5, 5.41) is 3.37. The Kier molecular flexibility index (Phi) is 3.38. The van der Waals surface area contributed by atoms with Crippen molar-refractivity contribution in [2.24, 2.45) is 0 Å². The van der Waals surface area contributed by atoms with Gasteiger partial charge in [0.25, 0.3) is 0 Å². The molecule has 2 aliphatic heterocycles. The predicted molar refractivity (Wildman–Crippen MR) is 75.9 cm³/mol. The van der Waals surface area contributed by atoms with Gasteiger partial charge in [0, 0.05) is 17.6 Å². The van der Waals surface area contributed by atoms with Crippen LogP contribution in [0.3, 0.4) is 0 Å². The van der Waals surface area contributed by atoms with Crippen molar-refractivity contribution in [3.8, 4) is 11.5 Å². The third-order valence-corrected chi connectivity index (χ3v) is 5.76. The molecular weight excluding hydrogens is 278 g/mol. The number of rotatable bonds is 3. The molecule has 0 aromatic heterocycles. The van der Waals surface area contributed by atoms with Crippen LogP contribution in [-0.4, -0.2) is 38.7 Å². The molecule has 2 aliphatic rings. The van der Waals surface area contributed by atoms with Crippen molar-refractivity contribution in [3.63, 3.8) is 0 Å². The minimum absolute atomic E-state index is 0.201. The van der Waals surface area contributed by atoms with Crippen LogP contribution in [-0.2, 0) is 16.4 Å². The van der Waals surface area contributed by atoms with Crippen molar-refractivity contribution in [2.75, 3.05) is 24.7 Å². The van der Waals surface area contributed by atoms with Crippen LogP contribution >= 0.6 is 0 Å². The fourth-order valence-corrected chi connectivity index (χ4v) is 4.85. The molecule has 110 valence electrons. The largest absolute Gasteiger partial charge is 0.486 e. The molecule has 5 nitrogen and oxygen atoms in total. The van der Waals surface area contributed by atoms with E-state index in [0.29, 0.717) is 26.2 Å². The van der Waals surface area contributed by atoms with Gasteiger partial charge in [0.15, 0.2) is 21.3 Å². The van der Waals surface area contributed by atoms with Gasteiger partial charge in [0.2, 0.25) is 0 Å². The molecular formula is C14H19NO4S. The quantitative estimate of drug-likeness (QED) is 0.906. The molecule has 1 N–H and O–H groups in total. The van der Waals surface area contributed by atoms with Crippen LogP contribution in [0.4, 0.5) is 0 Å². The lowest BCUT2D eigenvalue weighted by atomic mass is 10.0. The number of hydrogen-bond acceptors (Lipinski definition) is 5. The molecule has 1 unspecified atom stereocenters. The average molecular weight is 297 g/mol. The van der Waals surface area contributed by atoms with E-state index < -0.39 is 9.84 Å². The highest BCUT2D eigenvalue weighted by Crippen LogP contribution is 2.34. The number of fused-ring (bicyclic) bond motifs is 1. The predicted octanol–water partition coefficient (Wildman–Crippen LogP) is 1.12. The molecule has 1 aromatic carbocycles. The van der Waals surface area contributed by atoms with Crippen molar-refractivity contribution in [1.82, 2.24) is 5.32 Å². The maximum absolute atomic E-state index is 11.6. The number of nitrogens with one attached hydrogen (secondary N) is 1. The zero-order chi connectivity index (χ0) is 14.2. The smallest absolute Gasteiger partial charge is 0.165 e. The van der Waals surface area contributed by atoms with E-state index in [9.17, 15) is 8.42 Å². The van der Waals surface area contributed by atoms with Gasteiger partial charge < -0.3 is 14.8 Å². The Balaban J connectivity index is 1.73. The summed E-state index contributed by atoms with van der Waals surface area (Å²) in [4.78, 5) is 0. The van der Waals surface area contributed by atoms with Crippen LogP contribution in [0.5, 0.6) is 11.5 Å². The highest BCUT2D eigenvalue weighted by Gasteiger charge is 2.38. The fourth-order valence-electron chi connectivity index (χ4n) is 2.73. The lowest BCUT2D eigenvalue weighted by Crippen LogP contribution is -2.42. The SMILES string of the molecule is CC1(NCc2cccc3c2OCCO3)CCS(=O)(=O)C1. The van der Waals surface area contributed by atoms with E-state index in [1.54, 1.807) is 0 Å². The van der Waals surface area contributed by atoms with Crippen molar-refractivity contribution in [2.45, 2.75) is 25.4 Å². The molecule has 1 atom stereocenters. The molecule has 20 heavy (non-hydrogen) atoms. The number of hydrogen-bond donors (Lipinski definition) is 1. The maximum atomic E-state index is 11.6. The molecule has 0 radical (unpaired) electrons. The molecule has 0 bridgehead atoms. The first-order valence-corrected chi connectivity index (χ1v) is 8.63. The van der Waals surface area contributed by atoms with Gasteiger partial charge in [-0.1, -0.05) is 12.1 Å². The van der Waals surface area contributed by atoms with Crippen LogP contribution in [0.25, 0.3) is 0 Å². The molecule has 1 aromatic rings. The summed E-state index contributed by atoms with van der Waals surface area (Å²) < 4.78 is 34.4. The highest BCUT2D eigenvalue weighted by atomic mass is 32.2. The molecule has 6 heteroatoms. The third kappa shape index (κ3) is 2.76. The van der Waals surface area contributed by atoms with Gasteiger partial charge in [-0.05, 0) is 19.4 Å². The number of para-hydroxylation sites is 1. The van der Waals surface area contributed by atoms with Crippen LogP contribution in [0.15, 0.2) is 18.2 Å². The van der Waals surface area contributed by atoms with Gasteiger partial charge in [0.1, 0.15) is 13.2 Å². The van der Waals surface area contributed by atoms with E-state index in [1.807, 2.05) is 25.1 Å². The third-order valence-electron chi connectivity index (χ3n) is 3.86. The first-order chi connectivity index (χ1) is 9.48. The molecule has 3 rings (SSSR count). The molecule has 1 fully saturated rings. The summed E-state index contributed by atoms with van der Waals surface area (Å²) in [6, 6.07) is 5.80. The van der Waals surface area contributed by atoms with E-state index in [2.05, 4.69) is 5.32 Å². The molecule has 0 spiro atoms. The Hall–Kier alpha value is -1.27. The van der Waals surface area contributed by atoms with Crippen molar-refractivity contribution in [1.29, 1.82) is 0 Å². The molecule has 0 amide bonds. The maximum Gasteiger partial charge on any atom is 0.165 e. The Morgan fingerprint density at radius 3 is 2.85 bits per heavy atom. The fraction of sp³-hybridized carbons (Fsp3) is 0.571. The van der Waals surface area contributed by atoms with E-state index in [0.717, 1.165) is 17.1 Å². The lowest BCUT2D eigenvalue weighted by molar-refractivity contribution is 0.169. The topological polar surface area (TPSA) is 64.6 Å². The standard InChI is InChI=1S/C14H19NO4S/c1-14(5-8-20(16,17)10-14)15-9-11-3-2-4-12-13(11)19-7-6-18-12/h2-4,15H,5-10H2,1H3. The summed E-state index contributed by atoms with van der Waals surface area (Å²) in [5.41, 5.74) is 0.657. The summed E-state index contributed by atoms with van der Waals surface area (Å²) in [5.74, 6) is 2.01. The summed E-state index contributed by atoms with van der Waals surface area (Å²) in [6.45, 7) is 3.67. The normalized spacial score (nSPS) is 27.4. The van der Waals surface area contributed by atoms with Gasteiger partial charge in [-0.25, -0.2) is 8.42 Å². The Morgan fingerprint density at radius 2 is 2.10 bits per heavy atom. The molecule has 1 saturated heterocycles. The second-order valence-electron chi connectivity index (χ2n) is 5.70. The zero-order valence-electron chi connectivity index (χ0n) is 11.5. The highest BCUT2D eigenvalue weighted by molar-refractivity contribution is 7.91. The average Bonchev–Trinajstić information content (AvgIpc) is 2.71. The Bertz CT molecular complexity index is 614. The monoisotopic (exact) mass is 297 g/mol. The summed E-state index contributed by atoms with van der Waals surface area (Å²) in [6.07, 6.45) is 0.654. The van der Waals surface area contributed by atoms with E-state index in [1.165, 1.54) is 0 Å². The molecule has 0 aliphatic carbocycles. The van der Waals surface area contributed by atoms with Gasteiger partial charge in [0.05, 0.1) is 11.5 Å².